The molecule has 0 amide bonds. The number of aliphatic hydroxyl groups excluding tert-OH is 2. The molecule has 0 bridgehead atoms. The molecule has 0 fully saturated rings. The van der Waals surface area contributed by atoms with E-state index in [0.717, 1.165) is 5.92 Å². The van der Waals surface area contributed by atoms with E-state index in [1.807, 2.05) is 20.6 Å². The Balaban J connectivity index is -0.000000698. The number of ether oxygens (including phenoxy) is 1. The number of anilines is 2. The number of aromatic nitrogens is 3. The first-order valence-electron chi connectivity index (χ1n) is 10.9. The minimum atomic E-state index is -0.556. The standard InChI is InChI=1S/C14H18FN5O2.C4H10.C2H6O.C2H6.CH2O/c1-9(10-5-3-4-6-11(10)15)22-14-19-12(16-2)18-13(20-14)17-7-8-21;1-4(2)3;1-2-3;2*1-2/h3-6,9,21H,7-8H2,1-2H3,(H2,16,17,18,19,20);4H,1-3H3;3H,2H2,1H3;1-2H3;1H2. The lowest BCUT2D eigenvalue weighted by molar-refractivity contribution is -0.0980. The van der Waals surface area contributed by atoms with Crippen molar-refractivity contribution < 1.29 is 24.1 Å². The third-order valence-electron chi connectivity index (χ3n) is 2.86. The van der Waals surface area contributed by atoms with Crippen molar-refractivity contribution in [2.75, 3.05) is 37.4 Å². The molecular weight excluding hydrogens is 429 g/mol. The van der Waals surface area contributed by atoms with Crippen molar-refractivity contribution in [1.82, 2.24) is 15.0 Å². The van der Waals surface area contributed by atoms with Crippen molar-refractivity contribution in [3.63, 3.8) is 0 Å². The van der Waals surface area contributed by atoms with E-state index in [4.69, 9.17) is 19.7 Å². The molecule has 1 atom stereocenters. The Hall–Kier alpha value is -2.85. The van der Waals surface area contributed by atoms with Gasteiger partial charge in [-0.3, -0.25) is 0 Å². The molecule has 190 valence electrons. The second-order valence-electron chi connectivity index (χ2n) is 6.50. The summed E-state index contributed by atoms with van der Waals surface area (Å²) in [5.74, 6) is 1.06. The van der Waals surface area contributed by atoms with Crippen LogP contribution in [0, 0.1) is 11.7 Å². The van der Waals surface area contributed by atoms with Crippen LogP contribution in [0.2, 0.25) is 0 Å². The number of carbonyl (C=O) groups excluding carboxylic acids is 1. The Labute approximate surface area is 197 Å². The van der Waals surface area contributed by atoms with Gasteiger partial charge in [-0.05, 0) is 25.8 Å². The average molecular weight is 472 g/mol. The van der Waals surface area contributed by atoms with Crippen LogP contribution >= 0.6 is 0 Å². The van der Waals surface area contributed by atoms with E-state index in [0.29, 0.717) is 18.1 Å². The average Bonchev–Trinajstić information content (AvgIpc) is 2.80. The highest BCUT2D eigenvalue weighted by Gasteiger charge is 2.15. The third kappa shape index (κ3) is 18.4. The summed E-state index contributed by atoms with van der Waals surface area (Å²) in [4.78, 5) is 20.2. The normalized spacial score (nSPS) is 9.82. The Bertz CT molecular complexity index is 706. The maximum absolute atomic E-state index is 13.7. The van der Waals surface area contributed by atoms with E-state index in [-0.39, 0.29) is 31.0 Å². The third-order valence-corrected chi connectivity index (χ3v) is 2.86. The summed E-state index contributed by atoms with van der Waals surface area (Å²) in [5.41, 5.74) is 0.416. The summed E-state index contributed by atoms with van der Waals surface area (Å²) in [7, 11) is 1.66. The fourth-order valence-electron chi connectivity index (χ4n) is 1.79. The number of halogens is 1. The van der Waals surface area contributed by atoms with Crippen LogP contribution in [0.5, 0.6) is 6.01 Å². The quantitative estimate of drug-likeness (QED) is 0.471. The molecule has 0 saturated heterocycles. The maximum Gasteiger partial charge on any atom is 0.323 e. The molecular formula is C23H42FN5O4. The number of hydrogen-bond acceptors (Lipinski definition) is 9. The molecule has 4 N–H and O–H groups in total. The van der Waals surface area contributed by atoms with Gasteiger partial charge in [0.1, 0.15) is 18.7 Å². The van der Waals surface area contributed by atoms with Crippen LogP contribution in [0.4, 0.5) is 16.3 Å². The molecule has 1 aromatic carbocycles. The minimum Gasteiger partial charge on any atom is -0.455 e. The fraction of sp³-hybridized carbons (Fsp3) is 0.565. The van der Waals surface area contributed by atoms with Gasteiger partial charge in [-0.25, -0.2) is 4.39 Å². The van der Waals surface area contributed by atoms with Crippen molar-refractivity contribution in [3.05, 3.63) is 35.6 Å². The van der Waals surface area contributed by atoms with E-state index in [1.54, 1.807) is 39.1 Å². The van der Waals surface area contributed by atoms with Gasteiger partial charge in [0.15, 0.2) is 0 Å². The lowest BCUT2D eigenvalue weighted by Crippen LogP contribution is -2.13. The van der Waals surface area contributed by atoms with Crippen LogP contribution in [-0.4, -0.2) is 58.8 Å². The van der Waals surface area contributed by atoms with E-state index in [1.165, 1.54) is 6.07 Å². The predicted molar refractivity (Wildman–Crippen MR) is 132 cm³/mol. The highest BCUT2D eigenvalue weighted by Crippen LogP contribution is 2.22. The van der Waals surface area contributed by atoms with Crippen molar-refractivity contribution in [3.8, 4) is 6.01 Å². The summed E-state index contributed by atoms with van der Waals surface area (Å²) < 4.78 is 19.3. The number of nitrogens with one attached hydrogen (secondary N) is 2. The van der Waals surface area contributed by atoms with Crippen LogP contribution in [-0.2, 0) is 4.79 Å². The molecule has 10 heteroatoms. The number of benzene rings is 1. The van der Waals surface area contributed by atoms with Crippen LogP contribution in [0.15, 0.2) is 24.3 Å². The smallest absolute Gasteiger partial charge is 0.323 e. The Morgan fingerprint density at radius 1 is 1.03 bits per heavy atom. The number of carbonyl (C=O) groups is 1. The second kappa shape index (κ2) is 23.8. The van der Waals surface area contributed by atoms with Gasteiger partial charge in [0.2, 0.25) is 11.9 Å². The monoisotopic (exact) mass is 471 g/mol. The minimum absolute atomic E-state index is 0.0532. The van der Waals surface area contributed by atoms with Gasteiger partial charge >= 0.3 is 6.01 Å². The molecule has 0 aliphatic carbocycles. The number of nitrogens with zero attached hydrogens (tertiary/aromatic N) is 3. The summed E-state index contributed by atoms with van der Waals surface area (Å²) in [6.07, 6.45) is -0.556. The second-order valence-corrected chi connectivity index (χ2v) is 6.50. The Morgan fingerprint density at radius 2 is 1.52 bits per heavy atom. The lowest BCUT2D eigenvalue weighted by atomic mass is 10.1. The van der Waals surface area contributed by atoms with Crippen LogP contribution in [0.25, 0.3) is 0 Å². The van der Waals surface area contributed by atoms with E-state index in [2.05, 4.69) is 46.4 Å². The molecule has 0 radical (unpaired) electrons. The van der Waals surface area contributed by atoms with E-state index in [9.17, 15) is 4.39 Å². The maximum atomic E-state index is 13.7. The zero-order valence-electron chi connectivity index (χ0n) is 21.2. The first-order chi connectivity index (χ1) is 15.8. The number of hydrogen-bond donors (Lipinski definition) is 4. The van der Waals surface area contributed by atoms with Crippen LogP contribution in [0.1, 0.15) is 60.1 Å². The topological polar surface area (TPSA) is 129 Å². The number of rotatable bonds is 7. The van der Waals surface area contributed by atoms with E-state index < -0.39 is 6.10 Å². The van der Waals surface area contributed by atoms with Crippen molar-refractivity contribution in [2.45, 2.75) is 54.6 Å². The molecule has 1 aromatic heterocycles. The lowest BCUT2D eigenvalue weighted by Gasteiger charge is -2.15. The molecule has 9 nitrogen and oxygen atoms in total. The van der Waals surface area contributed by atoms with Crippen LogP contribution < -0.4 is 15.4 Å². The highest BCUT2D eigenvalue weighted by atomic mass is 19.1. The predicted octanol–water partition coefficient (Wildman–Crippen LogP) is 4.10. The largest absolute Gasteiger partial charge is 0.455 e. The zero-order valence-corrected chi connectivity index (χ0v) is 21.2. The van der Waals surface area contributed by atoms with Crippen LogP contribution in [0.3, 0.4) is 0 Å². The van der Waals surface area contributed by atoms with Crippen molar-refractivity contribution >= 4 is 18.7 Å². The molecule has 33 heavy (non-hydrogen) atoms. The molecule has 2 rings (SSSR count). The molecule has 2 aromatic rings. The molecule has 0 aliphatic heterocycles. The molecule has 1 unspecified atom stereocenters. The van der Waals surface area contributed by atoms with Crippen molar-refractivity contribution in [1.29, 1.82) is 0 Å². The van der Waals surface area contributed by atoms with Gasteiger partial charge in [0, 0.05) is 25.8 Å². The van der Waals surface area contributed by atoms with Gasteiger partial charge in [0.25, 0.3) is 0 Å². The molecule has 0 aliphatic rings. The Kier molecular flexibility index (Phi) is 25.1. The van der Waals surface area contributed by atoms with E-state index >= 15 is 0 Å². The molecule has 0 spiro atoms. The van der Waals surface area contributed by atoms with Gasteiger partial charge in [-0.2, -0.15) is 15.0 Å². The fourth-order valence-corrected chi connectivity index (χ4v) is 1.79. The van der Waals surface area contributed by atoms with Crippen molar-refractivity contribution in [2.24, 2.45) is 5.92 Å². The molecule has 1 heterocycles. The summed E-state index contributed by atoms with van der Waals surface area (Å²) in [6.45, 7) is 16.4. The van der Waals surface area contributed by atoms with Gasteiger partial charge in [-0.1, -0.05) is 52.8 Å². The van der Waals surface area contributed by atoms with Gasteiger partial charge < -0.3 is 30.4 Å². The summed E-state index contributed by atoms with van der Waals surface area (Å²) in [6, 6.07) is 6.43. The Morgan fingerprint density at radius 3 is 1.97 bits per heavy atom. The zero-order chi connectivity index (χ0) is 26.2. The van der Waals surface area contributed by atoms with Gasteiger partial charge in [0.05, 0.1) is 6.61 Å². The summed E-state index contributed by atoms with van der Waals surface area (Å²) in [5, 5.41) is 22.0. The first kappa shape index (κ1) is 34.8. The highest BCUT2D eigenvalue weighted by molar-refractivity contribution is 5.35. The van der Waals surface area contributed by atoms with Gasteiger partial charge in [-0.15, -0.1) is 0 Å². The first-order valence-corrected chi connectivity index (χ1v) is 10.9. The molecule has 0 saturated carbocycles. The number of aliphatic hydroxyl groups is 2. The SMILES string of the molecule is C=O.CC.CC(C)C.CCO.CNc1nc(NCCO)nc(OC(C)c2ccccc2F)n1. The summed E-state index contributed by atoms with van der Waals surface area (Å²) >= 11 is 0.